The molecule has 1 atom stereocenters. The Labute approximate surface area is 159 Å². The molecule has 0 radical (unpaired) electrons. The van der Waals surface area contributed by atoms with Crippen LogP contribution in [0.2, 0.25) is 0 Å². The average molecular weight is 366 g/mol. The number of aryl methyl sites for hydroxylation is 1. The molecule has 2 amide bonds. The van der Waals surface area contributed by atoms with Crippen LogP contribution in [0, 0.1) is 6.92 Å². The van der Waals surface area contributed by atoms with Gasteiger partial charge >= 0.3 is 6.03 Å². The molecule has 2 heterocycles. The molecule has 0 aliphatic carbocycles. The first-order chi connectivity index (χ1) is 12.9. The van der Waals surface area contributed by atoms with Crippen LogP contribution >= 0.6 is 0 Å². The van der Waals surface area contributed by atoms with E-state index in [1.807, 2.05) is 62.6 Å². The molecule has 142 valence electrons. The molecule has 3 aromatic rings. The third-order valence-corrected chi connectivity index (χ3v) is 4.34. The Kier molecular flexibility index (Phi) is 5.64. The lowest BCUT2D eigenvalue weighted by atomic mass is 10.1. The normalized spacial score (nSPS) is 12.2. The number of benzene rings is 1. The number of nitrogens with one attached hydrogen (secondary N) is 2. The van der Waals surface area contributed by atoms with Crippen molar-refractivity contribution in [3.8, 4) is 0 Å². The standard InChI is InChI=1S/C21H26N4O2/c1-14(2)20-22-10-11-25(20)13-17-6-5-7-18(12-17)24-21(26)23-16(4)19-9-8-15(3)27-19/h5-12,14,16H,13H2,1-4H3,(H2,23,24,26). The van der Waals surface area contributed by atoms with E-state index in [1.54, 1.807) is 0 Å². The van der Waals surface area contributed by atoms with E-state index < -0.39 is 0 Å². The van der Waals surface area contributed by atoms with Crippen molar-refractivity contribution in [1.82, 2.24) is 14.9 Å². The molecule has 0 aliphatic rings. The highest BCUT2D eigenvalue weighted by Gasteiger charge is 2.13. The van der Waals surface area contributed by atoms with E-state index in [0.29, 0.717) is 12.5 Å². The van der Waals surface area contributed by atoms with Crippen LogP contribution in [0.5, 0.6) is 0 Å². The number of imidazole rings is 1. The Balaban J connectivity index is 1.63. The van der Waals surface area contributed by atoms with E-state index >= 15 is 0 Å². The van der Waals surface area contributed by atoms with E-state index in [0.717, 1.165) is 28.6 Å². The van der Waals surface area contributed by atoms with Crippen LogP contribution in [0.4, 0.5) is 10.5 Å². The van der Waals surface area contributed by atoms with Gasteiger partial charge in [0.1, 0.15) is 17.3 Å². The highest BCUT2D eigenvalue weighted by molar-refractivity contribution is 5.89. The van der Waals surface area contributed by atoms with Gasteiger partial charge in [-0.1, -0.05) is 26.0 Å². The van der Waals surface area contributed by atoms with Crippen LogP contribution in [0.25, 0.3) is 0 Å². The van der Waals surface area contributed by atoms with Crippen LogP contribution in [-0.2, 0) is 6.54 Å². The van der Waals surface area contributed by atoms with Gasteiger partial charge in [-0.15, -0.1) is 0 Å². The first kappa shape index (κ1) is 18.8. The number of aromatic nitrogens is 2. The number of nitrogens with zero attached hydrogens (tertiary/aromatic N) is 2. The summed E-state index contributed by atoms with van der Waals surface area (Å²) in [5, 5.41) is 5.78. The van der Waals surface area contributed by atoms with Gasteiger partial charge in [0, 0.05) is 30.5 Å². The number of hydrogen-bond donors (Lipinski definition) is 2. The van der Waals surface area contributed by atoms with Gasteiger partial charge in [-0.2, -0.15) is 0 Å². The number of carbonyl (C=O) groups is 1. The van der Waals surface area contributed by atoms with E-state index in [-0.39, 0.29) is 12.1 Å². The third kappa shape index (κ3) is 4.78. The summed E-state index contributed by atoms with van der Waals surface area (Å²) in [6.07, 6.45) is 3.80. The quantitative estimate of drug-likeness (QED) is 0.656. The van der Waals surface area contributed by atoms with Crippen LogP contribution < -0.4 is 10.6 Å². The van der Waals surface area contributed by atoms with Gasteiger partial charge in [-0.25, -0.2) is 9.78 Å². The van der Waals surface area contributed by atoms with Crippen LogP contribution in [0.3, 0.4) is 0 Å². The van der Waals surface area contributed by atoms with Crippen molar-refractivity contribution < 1.29 is 9.21 Å². The smallest absolute Gasteiger partial charge is 0.319 e. The summed E-state index contributed by atoms with van der Waals surface area (Å²) in [5.74, 6) is 2.97. The van der Waals surface area contributed by atoms with Crippen molar-refractivity contribution in [2.24, 2.45) is 0 Å². The second-order valence-corrected chi connectivity index (χ2v) is 7.04. The Morgan fingerprint density at radius 3 is 2.74 bits per heavy atom. The van der Waals surface area contributed by atoms with E-state index in [2.05, 4.69) is 34.0 Å². The summed E-state index contributed by atoms with van der Waals surface area (Å²) >= 11 is 0. The molecule has 6 heteroatoms. The Bertz CT molecular complexity index is 910. The maximum atomic E-state index is 12.3. The topological polar surface area (TPSA) is 72.1 Å². The first-order valence-corrected chi connectivity index (χ1v) is 9.16. The maximum absolute atomic E-state index is 12.3. The molecule has 0 saturated carbocycles. The van der Waals surface area contributed by atoms with Crippen molar-refractivity contribution in [1.29, 1.82) is 0 Å². The second-order valence-electron chi connectivity index (χ2n) is 7.04. The highest BCUT2D eigenvalue weighted by atomic mass is 16.3. The molecule has 0 bridgehead atoms. The van der Waals surface area contributed by atoms with E-state index in [1.165, 1.54) is 0 Å². The minimum atomic E-state index is -0.265. The third-order valence-electron chi connectivity index (χ3n) is 4.34. The summed E-state index contributed by atoms with van der Waals surface area (Å²) < 4.78 is 7.68. The Hall–Kier alpha value is -3.02. The molecular formula is C21H26N4O2. The van der Waals surface area contributed by atoms with Crippen LogP contribution in [0.1, 0.15) is 55.6 Å². The molecule has 0 fully saturated rings. The summed E-state index contributed by atoms with van der Waals surface area (Å²) in [6, 6.07) is 11.1. The number of urea groups is 1. The lowest BCUT2D eigenvalue weighted by molar-refractivity contribution is 0.247. The van der Waals surface area contributed by atoms with Gasteiger partial charge in [-0.05, 0) is 43.7 Å². The summed E-state index contributed by atoms with van der Waals surface area (Å²) in [7, 11) is 0. The molecule has 1 aromatic carbocycles. The van der Waals surface area contributed by atoms with Crippen LogP contribution in [-0.4, -0.2) is 15.6 Å². The number of amides is 2. The van der Waals surface area contributed by atoms with Gasteiger partial charge in [0.15, 0.2) is 0 Å². The number of hydrogen-bond acceptors (Lipinski definition) is 3. The number of anilines is 1. The summed E-state index contributed by atoms with van der Waals surface area (Å²) in [4.78, 5) is 16.7. The molecular weight excluding hydrogens is 340 g/mol. The van der Waals surface area contributed by atoms with Gasteiger partial charge in [0.25, 0.3) is 0 Å². The molecule has 0 spiro atoms. The van der Waals surface area contributed by atoms with Crippen molar-refractivity contribution in [2.45, 2.75) is 46.2 Å². The van der Waals surface area contributed by atoms with Gasteiger partial charge in [0.05, 0.1) is 6.04 Å². The fraction of sp³-hybridized carbons (Fsp3) is 0.333. The lowest BCUT2D eigenvalue weighted by Crippen LogP contribution is -2.31. The van der Waals surface area contributed by atoms with Gasteiger partial charge in [0.2, 0.25) is 0 Å². The summed E-state index contributed by atoms with van der Waals surface area (Å²) in [6.45, 7) is 8.74. The predicted octanol–water partition coefficient (Wildman–Crippen LogP) is 4.84. The molecule has 2 N–H and O–H groups in total. The molecule has 27 heavy (non-hydrogen) atoms. The Morgan fingerprint density at radius 1 is 1.22 bits per heavy atom. The molecule has 2 aromatic heterocycles. The molecule has 6 nitrogen and oxygen atoms in total. The Morgan fingerprint density at radius 2 is 2.04 bits per heavy atom. The fourth-order valence-corrected chi connectivity index (χ4v) is 3.02. The minimum Gasteiger partial charge on any atom is -0.464 e. The fourth-order valence-electron chi connectivity index (χ4n) is 3.02. The van der Waals surface area contributed by atoms with Crippen molar-refractivity contribution in [2.75, 3.05) is 5.32 Å². The number of rotatable bonds is 6. The summed E-state index contributed by atoms with van der Waals surface area (Å²) in [5.41, 5.74) is 1.85. The van der Waals surface area contributed by atoms with Crippen molar-refractivity contribution in [3.63, 3.8) is 0 Å². The maximum Gasteiger partial charge on any atom is 0.319 e. The molecule has 0 saturated heterocycles. The SMILES string of the molecule is Cc1ccc(C(C)NC(=O)Nc2cccc(Cn3ccnc3C(C)C)c2)o1. The largest absolute Gasteiger partial charge is 0.464 e. The van der Waals surface area contributed by atoms with Crippen molar-refractivity contribution >= 4 is 11.7 Å². The lowest BCUT2D eigenvalue weighted by Gasteiger charge is -2.14. The van der Waals surface area contributed by atoms with E-state index in [4.69, 9.17) is 4.42 Å². The first-order valence-electron chi connectivity index (χ1n) is 9.16. The molecule has 0 aliphatic heterocycles. The zero-order valence-electron chi connectivity index (χ0n) is 16.2. The molecule has 3 rings (SSSR count). The van der Waals surface area contributed by atoms with Crippen LogP contribution in [0.15, 0.2) is 53.2 Å². The zero-order valence-corrected chi connectivity index (χ0v) is 16.2. The monoisotopic (exact) mass is 366 g/mol. The molecule has 1 unspecified atom stereocenters. The minimum absolute atomic E-state index is 0.207. The highest BCUT2D eigenvalue weighted by Crippen LogP contribution is 2.18. The average Bonchev–Trinajstić information content (AvgIpc) is 3.24. The number of furan rings is 1. The predicted molar refractivity (Wildman–Crippen MR) is 106 cm³/mol. The second kappa shape index (κ2) is 8.12. The van der Waals surface area contributed by atoms with Gasteiger partial charge < -0.3 is 19.6 Å². The number of carbonyl (C=O) groups excluding carboxylic acids is 1. The zero-order chi connectivity index (χ0) is 19.4. The van der Waals surface area contributed by atoms with Gasteiger partial charge in [-0.3, -0.25) is 0 Å². The van der Waals surface area contributed by atoms with E-state index in [9.17, 15) is 4.79 Å². The van der Waals surface area contributed by atoms with Crippen molar-refractivity contribution in [3.05, 3.63) is 71.7 Å².